The summed E-state index contributed by atoms with van der Waals surface area (Å²) in [6, 6.07) is 36.6. The molecule has 2 nitrogen and oxygen atoms in total. The zero-order valence-electron chi connectivity index (χ0n) is 18.4. The van der Waals surface area contributed by atoms with Gasteiger partial charge in [0.1, 0.15) is 0 Å². The van der Waals surface area contributed by atoms with Gasteiger partial charge in [-0.1, -0.05) is 101 Å². The molecule has 0 saturated carbocycles. The highest BCUT2D eigenvalue weighted by Gasteiger charge is 2.06. The van der Waals surface area contributed by atoms with Crippen molar-refractivity contribution in [3.05, 3.63) is 121 Å². The maximum absolute atomic E-state index is 4.78. The molecule has 0 N–H and O–H groups in total. The van der Waals surface area contributed by atoms with Gasteiger partial charge in [-0.3, -0.25) is 9.97 Å². The van der Waals surface area contributed by atoms with Gasteiger partial charge in [-0.15, -0.1) is 0 Å². The molecule has 0 fully saturated rings. The zero-order chi connectivity index (χ0) is 22.9. The van der Waals surface area contributed by atoms with E-state index < -0.39 is 0 Å². The summed E-state index contributed by atoms with van der Waals surface area (Å²) < 4.78 is 1.03. The van der Waals surface area contributed by atoms with Crippen molar-refractivity contribution in [2.75, 3.05) is 0 Å². The molecule has 0 aliphatic heterocycles. The van der Waals surface area contributed by atoms with Crippen LogP contribution in [0, 0.1) is 0 Å². The minimum atomic E-state index is 1.01. The Bertz CT molecular complexity index is 1620. The van der Waals surface area contributed by atoms with E-state index in [1.165, 1.54) is 16.7 Å². The van der Waals surface area contributed by atoms with Gasteiger partial charge >= 0.3 is 0 Å². The molecule has 0 unspecified atom stereocenters. The smallest absolute Gasteiger partial charge is 0.0708 e. The second-order valence-electron chi connectivity index (χ2n) is 8.46. The summed E-state index contributed by atoms with van der Waals surface area (Å²) in [4.78, 5) is 9.38. The summed E-state index contributed by atoms with van der Waals surface area (Å²) in [5.74, 6) is 0. The monoisotopic (exact) mass is 548 g/mol. The number of fused-ring (bicyclic) bond motifs is 2. The van der Waals surface area contributed by atoms with Crippen LogP contribution in [0.4, 0.5) is 0 Å². The van der Waals surface area contributed by atoms with Crippen molar-refractivity contribution in [3.8, 4) is 33.4 Å². The van der Waals surface area contributed by atoms with E-state index in [2.05, 4.69) is 113 Å². The fourth-order valence-electron chi connectivity index (χ4n) is 4.33. The summed E-state index contributed by atoms with van der Waals surface area (Å²) in [6.07, 6.45) is 3.92. The van der Waals surface area contributed by atoms with Crippen LogP contribution in [0.1, 0.15) is 5.56 Å². The minimum absolute atomic E-state index is 1.01. The average Bonchev–Trinajstić information content (AvgIpc) is 2.92. The fourth-order valence-corrected chi connectivity index (χ4v) is 4.84. The number of nitrogens with zero attached hydrogens (tertiary/aromatic N) is 2. The Labute approximate surface area is 212 Å². The molecule has 0 aliphatic carbocycles. The van der Waals surface area contributed by atoms with Gasteiger partial charge < -0.3 is 0 Å². The number of pyridine rings is 2. The first-order chi connectivity index (χ1) is 16.8. The van der Waals surface area contributed by atoms with Gasteiger partial charge in [0.15, 0.2) is 0 Å². The zero-order valence-corrected chi connectivity index (χ0v) is 20.6. The number of rotatable bonds is 4. The Morgan fingerprint density at radius 1 is 0.471 bits per heavy atom. The largest absolute Gasteiger partial charge is 0.256 e. The van der Waals surface area contributed by atoms with Crippen LogP contribution >= 0.6 is 22.6 Å². The third-order valence-corrected chi connectivity index (χ3v) is 7.15. The van der Waals surface area contributed by atoms with Crippen LogP contribution in [-0.4, -0.2) is 9.97 Å². The molecule has 6 aromatic rings. The van der Waals surface area contributed by atoms with Crippen LogP contribution in [0.25, 0.3) is 55.2 Å². The second kappa shape index (κ2) is 8.99. The molecule has 0 saturated heterocycles. The van der Waals surface area contributed by atoms with Crippen molar-refractivity contribution >= 4 is 44.4 Å². The highest BCUT2D eigenvalue weighted by molar-refractivity contribution is 14.1. The first kappa shape index (κ1) is 21.0. The van der Waals surface area contributed by atoms with Crippen molar-refractivity contribution in [2.24, 2.45) is 0 Å². The summed E-state index contributed by atoms with van der Waals surface area (Å²) in [5.41, 5.74) is 10.4. The van der Waals surface area contributed by atoms with Gasteiger partial charge in [-0.25, -0.2) is 0 Å². The number of hydrogen-bond donors (Lipinski definition) is 0. The molecule has 162 valence electrons. The Morgan fingerprint density at radius 2 is 1.00 bits per heavy atom. The molecule has 6 rings (SSSR count). The number of benzene rings is 4. The average molecular weight is 548 g/mol. The SMILES string of the molecule is ICc1ccc(-c2ccc3cc(-c4ccc(-c5cnc6ccccc6c5)cc4)cnc3c2)cc1. The van der Waals surface area contributed by atoms with Gasteiger partial charge in [0, 0.05) is 38.7 Å². The molecule has 0 bridgehead atoms. The predicted molar refractivity (Wildman–Crippen MR) is 151 cm³/mol. The molecule has 0 atom stereocenters. The highest BCUT2D eigenvalue weighted by Crippen LogP contribution is 2.29. The molecular formula is C31H21IN2. The molecule has 34 heavy (non-hydrogen) atoms. The van der Waals surface area contributed by atoms with Crippen LogP contribution < -0.4 is 0 Å². The lowest BCUT2D eigenvalue weighted by Crippen LogP contribution is -1.86. The van der Waals surface area contributed by atoms with Gasteiger partial charge in [-0.2, -0.15) is 0 Å². The predicted octanol–water partition coefficient (Wildman–Crippen LogP) is 8.72. The van der Waals surface area contributed by atoms with E-state index in [0.29, 0.717) is 0 Å². The Kier molecular flexibility index (Phi) is 5.55. The molecule has 0 spiro atoms. The van der Waals surface area contributed by atoms with Crippen LogP contribution in [0.15, 0.2) is 116 Å². The van der Waals surface area contributed by atoms with Crippen LogP contribution in [0.3, 0.4) is 0 Å². The summed E-state index contributed by atoms with van der Waals surface area (Å²) in [5, 5.41) is 2.30. The highest BCUT2D eigenvalue weighted by atomic mass is 127. The van der Waals surface area contributed by atoms with Crippen molar-refractivity contribution in [3.63, 3.8) is 0 Å². The maximum Gasteiger partial charge on any atom is 0.0708 e. The molecule has 4 aromatic carbocycles. The van der Waals surface area contributed by atoms with Crippen LogP contribution in [-0.2, 0) is 4.43 Å². The lowest BCUT2D eigenvalue weighted by atomic mass is 9.99. The lowest BCUT2D eigenvalue weighted by Gasteiger charge is -2.08. The van der Waals surface area contributed by atoms with E-state index >= 15 is 0 Å². The molecule has 2 heterocycles. The number of para-hydroxylation sites is 1. The van der Waals surface area contributed by atoms with E-state index in [1.54, 1.807) is 0 Å². The Morgan fingerprint density at radius 3 is 1.68 bits per heavy atom. The quantitative estimate of drug-likeness (QED) is 0.163. The minimum Gasteiger partial charge on any atom is -0.256 e. The van der Waals surface area contributed by atoms with E-state index in [4.69, 9.17) is 4.98 Å². The van der Waals surface area contributed by atoms with Crippen molar-refractivity contribution in [2.45, 2.75) is 4.43 Å². The van der Waals surface area contributed by atoms with Gasteiger partial charge in [-0.05, 0) is 52.1 Å². The molecular weight excluding hydrogens is 527 g/mol. The van der Waals surface area contributed by atoms with Crippen LogP contribution in [0.5, 0.6) is 0 Å². The fraction of sp³-hybridized carbons (Fsp3) is 0.0323. The third kappa shape index (κ3) is 4.08. The summed E-state index contributed by atoms with van der Waals surface area (Å²) in [6.45, 7) is 0. The Hall–Kier alpha value is -3.57. The van der Waals surface area contributed by atoms with E-state index in [1.807, 2.05) is 30.6 Å². The molecule has 3 heteroatoms. The molecule has 0 aliphatic rings. The van der Waals surface area contributed by atoms with Crippen LogP contribution in [0.2, 0.25) is 0 Å². The third-order valence-electron chi connectivity index (χ3n) is 6.27. The van der Waals surface area contributed by atoms with Gasteiger partial charge in [0.05, 0.1) is 11.0 Å². The van der Waals surface area contributed by atoms with Gasteiger partial charge in [0.2, 0.25) is 0 Å². The topological polar surface area (TPSA) is 25.8 Å². The maximum atomic E-state index is 4.78. The standard InChI is InChI=1S/C31H21IN2/c32-18-21-5-7-22(8-6-21)25-13-14-27-16-29(20-34-31(27)17-25)24-11-9-23(10-12-24)28-15-26-3-1-2-4-30(26)33-19-28/h1-17,19-20H,18H2. The number of alkyl halides is 1. The molecule has 2 aromatic heterocycles. The van der Waals surface area contributed by atoms with E-state index in [9.17, 15) is 0 Å². The number of halogens is 1. The summed E-state index contributed by atoms with van der Waals surface area (Å²) in [7, 11) is 0. The van der Waals surface area contributed by atoms with E-state index in [-0.39, 0.29) is 0 Å². The van der Waals surface area contributed by atoms with E-state index in [0.717, 1.165) is 48.5 Å². The lowest BCUT2D eigenvalue weighted by molar-refractivity contribution is 1.40. The summed E-state index contributed by atoms with van der Waals surface area (Å²) >= 11 is 2.39. The first-order valence-electron chi connectivity index (χ1n) is 11.3. The van der Waals surface area contributed by atoms with Crippen molar-refractivity contribution in [1.82, 2.24) is 9.97 Å². The van der Waals surface area contributed by atoms with Crippen molar-refractivity contribution < 1.29 is 0 Å². The normalized spacial score (nSPS) is 11.2. The van der Waals surface area contributed by atoms with Gasteiger partial charge in [0.25, 0.3) is 0 Å². The second-order valence-corrected chi connectivity index (χ2v) is 9.22. The molecule has 0 amide bonds. The number of aromatic nitrogens is 2. The van der Waals surface area contributed by atoms with Crippen molar-refractivity contribution in [1.29, 1.82) is 0 Å². The molecule has 0 radical (unpaired) electrons. The first-order valence-corrected chi connectivity index (χ1v) is 12.8. The Balaban J connectivity index is 1.29. The number of hydrogen-bond acceptors (Lipinski definition) is 2.